The summed E-state index contributed by atoms with van der Waals surface area (Å²) in [7, 11) is 0. The van der Waals surface area contributed by atoms with Crippen LogP contribution in [0.15, 0.2) is 12.2 Å². The molecule has 1 unspecified atom stereocenters. The van der Waals surface area contributed by atoms with E-state index in [1.165, 1.54) is 57.9 Å². The number of rotatable bonds is 2. The molecule has 6 rings (SSSR count). The first kappa shape index (κ1) is 16.8. The molecule has 1 heterocycles. The highest BCUT2D eigenvalue weighted by Crippen LogP contribution is 2.73. The molecule has 0 radical (unpaired) electrons. The monoisotopic (exact) mass is 345 g/mol. The number of hydrogen-bond acceptors (Lipinski definition) is 3. The van der Waals surface area contributed by atoms with Crippen LogP contribution in [0.25, 0.3) is 0 Å². The quantitative estimate of drug-likeness (QED) is 0.755. The average molecular weight is 346 g/mol. The molecule has 1 saturated heterocycles. The predicted molar refractivity (Wildman–Crippen MR) is 99.1 cm³/mol. The third-order valence-electron chi connectivity index (χ3n) is 9.63. The summed E-state index contributed by atoms with van der Waals surface area (Å²) in [5, 5.41) is 20.8. The Labute approximate surface area is 152 Å². The fraction of sp³-hybridized carbons (Fsp3) is 0.909. The lowest BCUT2D eigenvalue weighted by Crippen LogP contribution is -2.71. The van der Waals surface area contributed by atoms with Gasteiger partial charge in [0.1, 0.15) is 0 Å². The van der Waals surface area contributed by atoms with Crippen LogP contribution in [0.1, 0.15) is 58.3 Å². The minimum absolute atomic E-state index is 0.114. The lowest BCUT2D eigenvalue weighted by atomic mass is 9.35. The van der Waals surface area contributed by atoms with E-state index in [4.69, 9.17) is 0 Å². The molecule has 1 aliphatic heterocycles. The fourth-order valence-electron chi connectivity index (χ4n) is 8.86. The third kappa shape index (κ3) is 1.98. The first-order chi connectivity index (χ1) is 12.0. The van der Waals surface area contributed by atoms with E-state index in [9.17, 15) is 10.2 Å². The Balaban J connectivity index is 1.59. The van der Waals surface area contributed by atoms with Crippen molar-refractivity contribution in [3.05, 3.63) is 12.2 Å². The lowest BCUT2D eigenvalue weighted by molar-refractivity contribution is -0.240. The summed E-state index contributed by atoms with van der Waals surface area (Å²) in [6, 6.07) is 0. The third-order valence-corrected chi connectivity index (χ3v) is 9.63. The second-order valence-corrected chi connectivity index (χ2v) is 10.5. The number of piperidine rings is 1. The summed E-state index contributed by atoms with van der Waals surface area (Å²) in [5.41, 5.74) is 2.05. The molecule has 3 nitrogen and oxygen atoms in total. The summed E-state index contributed by atoms with van der Waals surface area (Å²) in [6.07, 6.45) is 10.0. The maximum atomic E-state index is 11.2. The van der Waals surface area contributed by atoms with E-state index in [1.54, 1.807) is 0 Å². The number of fused-ring (bicyclic) bond motifs is 2. The molecule has 6 fully saturated rings. The first-order valence-corrected chi connectivity index (χ1v) is 10.7. The van der Waals surface area contributed by atoms with Crippen LogP contribution in [0.4, 0.5) is 0 Å². The van der Waals surface area contributed by atoms with Gasteiger partial charge in [-0.1, -0.05) is 19.9 Å². The summed E-state index contributed by atoms with van der Waals surface area (Å²) >= 11 is 0. The van der Waals surface area contributed by atoms with Crippen molar-refractivity contribution in [1.82, 2.24) is 4.90 Å². The van der Waals surface area contributed by atoms with Gasteiger partial charge >= 0.3 is 0 Å². The molecule has 0 amide bonds. The van der Waals surface area contributed by atoms with Crippen LogP contribution in [0.5, 0.6) is 0 Å². The Morgan fingerprint density at radius 1 is 1.08 bits per heavy atom. The van der Waals surface area contributed by atoms with Crippen LogP contribution in [-0.4, -0.2) is 47.5 Å². The van der Waals surface area contributed by atoms with Crippen molar-refractivity contribution in [3.63, 3.8) is 0 Å². The highest BCUT2D eigenvalue weighted by atomic mass is 16.3. The van der Waals surface area contributed by atoms with Crippen molar-refractivity contribution in [1.29, 1.82) is 0 Å². The van der Waals surface area contributed by atoms with Crippen molar-refractivity contribution >= 4 is 0 Å². The zero-order valence-corrected chi connectivity index (χ0v) is 15.8. The van der Waals surface area contributed by atoms with E-state index < -0.39 is 0 Å². The standard InChI is InChI=1S/C22H35NO2/c1-15-16-4-8-21(19(15)25)9-5-17-20(2)6-3-7-22(17,18(21)12-16)14-23(13-20)10-11-24/h16-19,24-25H,1,3-14H2,2H3/t16-,17+,18+,19?,20-,21-,22-/m0/s1. The normalized spacial score (nSPS) is 54.9. The Morgan fingerprint density at radius 2 is 1.88 bits per heavy atom. The Morgan fingerprint density at radius 3 is 2.68 bits per heavy atom. The topological polar surface area (TPSA) is 43.7 Å². The summed E-state index contributed by atoms with van der Waals surface area (Å²) in [5.74, 6) is 2.04. The van der Waals surface area contributed by atoms with E-state index in [0.717, 1.165) is 24.6 Å². The number of aliphatic hydroxyl groups is 2. The van der Waals surface area contributed by atoms with E-state index in [0.29, 0.717) is 22.7 Å². The lowest BCUT2D eigenvalue weighted by Gasteiger charge is -2.73. The van der Waals surface area contributed by atoms with Crippen molar-refractivity contribution in [2.75, 3.05) is 26.2 Å². The zero-order valence-electron chi connectivity index (χ0n) is 15.8. The van der Waals surface area contributed by atoms with E-state index >= 15 is 0 Å². The van der Waals surface area contributed by atoms with E-state index in [2.05, 4.69) is 18.4 Å². The molecule has 140 valence electrons. The average Bonchev–Trinajstić information content (AvgIpc) is 2.58. The van der Waals surface area contributed by atoms with E-state index in [1.807, 2.05) is 0 Å². The van der Waals surface area contributed by atoms with Crippen LogP contribution in [-0.2, 0) is 0 Å². The van der Waals surface area contributed by atoms with Gasteiger partial charge in [-0.05, 0) is 79.1 Å². The van der Waals surface area contributed by atoms with Gasteiger partial charge in [0.15, 0.2) is 0 Å². The maximum Gasteiger partial charge on any atom is 0.0809 e. The van der Waals surface area contributed by atoms with Gasteiger partial charge in [-0.25, -0.2) is 0 Å². The highest BCUT2D eigenvalue weighted by Gasteiger charge is 2.69. The zero-order chi connectivity index (χ0) is 17.4. The minimum Gasteiger partial charge on any atom is -0.395 e. The molecule has 25 heavy (non-hydrogen) atoms. The Bertz CT molecular complexity index is 591. The molecule has 0 aromatic heterocycles. The Hall–Kier alpha value is -0.380. The second kappa shape index (κ2) is 5.33. The summed E-state index contributed by atoms with van der Waals surface area (Å²) in [4.78, 5) is 2.57. The summed E-state index contributed by atoms with van der Waals surface area (Å²) in [6.45, 7) is 10.3. The molecule has 1 spiro atoms. The molecule has 7 atom stereocenters. The predicted octanol–water partition coefficient (Wildman–Crippen LogP) is 3.21. The van der Waals surface area contributed by atoms with Gasteiger partial charge in [0.2, 0.25) is 0 Å². The van der Waals surface area contributed by atoms with Gasteiger partial charge < -0.3 is 10.2 Å². The smallest absolute Gasteiger partial charge is 0.0809 e. The largest absolute Gasteiger partial charge is 0.395 e. The highest BCUT2D eigenvalue weighted by molar-refractivity contribution is 5.27. The molecule has 2 N–H and O–H groups in total. The number of nitrogens with zero attached hydrogens (tertiary/aromatic N) is 1. The molecule has 3 heteroatoms. The van der Waals surface area contributed by atoms with Gasteiger partial charge in [0.05, 0.1) is 12.7 Å². The van der Waals surface area contributed by atoms with Gasteiger partial charge in [-0.3, -0.25) is 4.90 Å². The van der Waals surface area contributed by atoms with Gasteiger partial charge in [-0.15, -0.1) is 0 Å². The number of aliphatic hydroxyl groups excluding tert-OH is 2. The van der Waals surface area contributed by atoms with Crippen molar-refractivity contribution in [2.45, 2.75) is 64.4 Å². The van der Waals surface area contributed by atoms with Crippen molar-refractivity contribution < 1.29 is 10.2 Å². The molecule has 0 aromatic rings. The molecule has 0 aromatic carbocycles. The first-order valence-electron chi connectivity index (χ1n) is 10.7. The van der Waals surface area contributed by atoms with Crippen LogP contribution in [0, 0.1) is 34.0 Å². The number of β-amino-alcohol motifs (C(OH)–C–C–N with tert-alkyl or cyclic N) is 1. The minimum atomic E-state index is -0.262. The second-order valence-electron chi connectivity index (χ2n) is 10.5. The number of hydrogen-bond donors (Lipinski definition) is 2. The van der Waals surface area contributed by atoms with Gasteiger partial charge in [0.25, 0.3) is 0 Å². The molecular weight excluding hydrogens is 310 g/mol. The van der Waals surface area contributed by atoms with Crippen LogP contribution < -0.4 is 0 Å². The van der Waals surface area contributed by atoms with Crippen molar-refractivity contribution in [2.24, 2.45) is 34.0 Å². The van der Waals surface area contributed by atoms with Gasteiger partial charge in [-0.2, -0.15) is 0 Å². The number of likely N-dealkylation sites (tertiary alicyclic amines) is 1. The van der Waals surface area contributed by atoms with Crippen molar-refractivity contribution in [3.8, 4) is 0 Å². The van der Waals surface area contributed by atoms with E-state index in [-0.39, 0.29) is 18.1 Å². The molecule has 4 bridgehead atoms. The molecular formula is C22H35NO2. The molecule has 6 aliphatic rings. The van der Waals surface area contributed by atoms with Crippen LogP contribution in [0.2, 0.25) is 0 Å². The Kier molecular flexibility index (Phi) is 3.57. The van der Waals surface area contributed by atoms with Gasteiger partial charge in [0, 0.05) is 25.0 Å². The maximum absolute atomic E-state index is 11.2. The fourth-order valence-corrected chi connectivity index (χ4v) is 8.86. The SMILES string of the molecule is C=C1C(O)[C@]23CC[C@H]1C[C@H]2[C@@]12CCC[C@@](C)(CN(CCO)C1)[C@H]2CC3. The molecule has 5 saturated carbocycles. The van der Waals surface area contributed by atoms with Crippen LogP contribution >= 0.6 is 0 Å². The summed E-state index contributed by atoms with van der Waals surface area (Å²) < 4.78 is 0. The molecule has 5 aliphatic carbocycles. The van der Waals surface area contributed by atoms with Crippen LogP contribution in [0.3, 0.4) is 0 Å².